The van der Waals surface area contributed by atoms with E-state index in [1.165, 1.54) is 4.90 Å². The maximum Gasteiger partial charge on any atom is 0.410 e. The third-order valence-corrected chi connectivity index (χ3v) is 3.39. The van der Waals surface area contributed by atoms with Gasteiger partial charge in [-0.2, -0.15) is 6.21 Å². The Morgan fingerprint density at radius 3 is 2.50 bits per heavy atom. The molecule has 135 valence electrons. The maximum absolute atomic E-state index is 12.3. The molecule has 22 heavy (non-hydrogen) atoms. The van der Waals surface area contributed by atoms with Gasteiger partial charge in [0.1, 0.15) is 11.6 Å². The normalized spacial score (nSPS) is 22.5. The van der Waals surface area contributed by atoms with Gasteiger partial charge >= 0.3 is 6.09 Å². The van der Waals surface area contributed by atoms with Crippen LogP contribution in [0.4, 0.5) is 4.79 Å². The number of nitrogens with zero attached hydrogens (tertiary/aromatic N) is 2. The summed E-state index contributed by atoms with van der Waals surface area (Å²) in [5.41, 5.74) is -0.589. The Bertz CT molecular complexity index is 409. The molecule has 1 N–H and O–H groups in total. The van der Waals surface area contributed by atoms with Crippen LogP contribution in [0.1, 0.15) is 47.5 Å². The summed E-state index contributed by atoms with van der Waals surface area (Å²) >= 11 is 0. The summed E-state index contributed by atoms with van der Waals surface area (Å²) in [7, 11) is 0. The minimum atomic E-state index is -0.589. The topological polar surface area (TPSA) is 80.9 Å². The predicted molar refractivity (Wildman–Crippen MR) is 82.2 cm³/mol. The summed E-state index contributed by atoms with van der Waals surface area (Å²) in [5, 5.41) is 11.8. The number of hydrogen-bond acceptors (Lipinski definition) is 3. The Morgan fingerprint density at radius 1 is 1.45 bits per heavy atom. The molecule has 0 unspecified atom stereocenters. The summed E-state index contributed by atoms with van der Waals surface area (Å²) in [5.74, 6) is -0.00573. The molecule has 3 atom stereocenters. The van der Waals surface area contributed by atoms with Crippen molar-refractivity contribution in [1.29, 1.82) is 0 Å². The van der Waals surface area contributed by atoms with Crippen LogP contribution in [0.15, 0.2) is 0 Å². The van der Waals surface area contributed by atoms with Crippen molar-refractivity contribution in [1.82, 2.24) is 10.2 Å². The van der Waals surface area contributed by atoms with Gasteiger partial charge in [-0.25, -0.2) is 4.79 Å². The Hall–Kier alpha value is -2.59. The molecule has 0 aromatic rings. The molecular weight excluding hydrogens is 532 g/mol. The van der Waals surface area contributed by atoms with Crippen LogP contribution in [0, 0.1) is 5.92 Å². The molecule has 0 aromatic carbocycles. The van der Waals surface area contributed by atoms with Crippen molar-refractivity contribution in [2.75, 3.05) is 6.54 Å². The molecule has 1 radical (unpaired) electrons. The van der Waals surface area contributed by atoms with E-state index in [2.05, 4.69) is 5.32 Å². The van der Waals surface area contributed by atoms with Gasteiger partial charge in [0.25, 0.3) is 0 Å². The summed E-state index contributed by atoms with van der Waals surface area (Å²) in [6, 6.07) is -0.933. The van der Waals surface area contributed by atoms with Crippen molar-refractivity contribution < 1.29 is 14.3 Å². The SMILES string of the molecule is CC[C@@H](C=[N-])NC(=O)[C@@H]1C[C@@H](C)CN1C(=O)OC(C)(C)C.[Lr]. The average Bonchev–Trinajstić information content (AvgIpc) is 2.76. The van der Waals surface area contributed by atoms with Gasteiger partial charge < -0.3 is 15.5 Å². The minimum Gasteiger partial charge on any atom is -0.813 e. The molecule has 1 aliphatic heterocycles. The Balaban J connectivity index is 0.00000441. The smallest absolute Gasteiger partial charge is 0.410 e. The number of amides is 2. The van der Waals surface area contributed by atoms with E-state index in [0.29, 0.717) is 19.4 Å². The molecule has 7 heteroatoms. The first kappa shape index (κ1) is 19.4. The summed E-state index contributed by atoms with van der Waals surface area (Å²) in [6.07, 6.45) is 1.70. The fourth-order valence-corrected chi connectivity index (χ4v) is 2.34. The second-order valence-electron chi connectivity index (χ2n) is 6.66. The average molecular weight is 558 g/mol. The maximum atomic E-state index is 12.3. The molecule has 6 nitrogen and oxygen atoms in total. The molecule has 1 aliphatic rings. The molecule has 0 aliphatic carbocycles. The minimum absolute atomic E-state index is 0. The van der Waals surface area contributed by atoms with Crippen molar-refractivity contribution in [2.45, 2.75) is 65.1 Å². The molecule has 0 saturated carbocycles. The second kappa shape index (κ2) is 7.43. The molecular formula is C15H26LrN3O3-. The standard InChI is InChI=1S/C15H26N3O3.Lr/c1-6-11(8-16)17-13(19)12-7-10(2)9-18(12)14(20)21-15(3,4)5;/h8,10-12H,6-7,9H2,1-5H3,(H,17,19);/q-1;/t10-,11+,12+;/m1./s1. The van der Waals surface area contributed by atoms with Gasteiger partial charge in [0.15, 0.2) is 0 Å². The van der Waals surface area contributed by atoms with Crippen LogP contribution in [-0.4, -0.2) is 47.3 Å². The summed E-state index contributed by atoms with van der Waals surface area (Å²) in [4.78, 5) is 26.0. The zero-order valence-corrected chi connectivity index (χ0v) is 16.0. The van der Waals surface area contributed by atoms with E-state index in [9.17, 15) is 9.59 Å². The van der Waals surface area contributed by atoms with Crippen LogP contribution in [-0.2, 0) is 9.53 Å². The van der Waals surface area contributed by atoms with Gasteiger partial charge in [-0.1, -0.05) is 13.8 Å². The predicted octanol–water partition coefficient (Wildman–Crippen LogP) is 2.17. The first-order valence-corrected chi connectivity index (χ1v) is 7.45. The van der Waals surface area contributed by atoms with Gasteiger partial charge in [-0.05, 0) is 39.5 Å². The monoisotopic (exact) mass is 558 g/mol. The van der Waals surface area contributed by atoms with Crippen LogP contribution in [0.25, 0.3) is 5.41 Å². The number of carbonyl (C=O) groups is 2. The van der Waals surface area contributed by atoms with Crippen molar-refractivity contribution in [3.63, 3.8) is 0 Å². The van der Waals surface area contributed by atoms with E-state index in [4.69, 9.17) is 10.1 Å². The number of ether oxygens (including phenoxy) is 1. The van der Waals surface area contributed by atoms with Crippen LogP contribution < -0.4 is 5.32 Å². The van der Waals surface area contributed by atoms with Crippen molar-refractivity contribution in [2.24, 2.45) is 5.92 Å². The van der Waals surface area contributed by atoms with Gasteiger partial charge in [0.2, 0.25) is 5.91 Å². The molecule has 0 bridgehead atoms. The van der Waals surface area contributed by atoms with Gasteiger partial charge in [-0.3, -0.25) is 9.69 Å². The van der Waals surface area contributed by atoms with Crippen LogP contribution >= 0.6 is 0 Å². The van der Waals surface area contributed by atoms with Crippen LogP contribution in [0.5, 0.6) is 0 Å². The molecule has 1 heterocycles. The summed E-state index contributed by atoms with van der Waals surface area (Å²) < 4.78 is 5.36. The number of carbonyl (C=O) groups excluding carboxylic acids is 2. The van der Waals surface area contributed by atoms with Crippen molar-refractivity contribution >= 4 is 18.2 Å². The second-order valence-corrected chi connectivity index (χ2v) is 6.66. The number of rotatable bonds is 4. The zero-order chi connectivity index (χ0) is 16.2. The number of likely N-dealkylation sites (tertiary alicyclic amines) is 1. The van der Waals surface area contributed by atoms with Gasteiger partial charge in [0, 0.05) is 12.6 Å². The van der Waals surface area contributed by atoms with E-state index in [1.54, 1.807) is 20.8 Å². The third kappa shape index (κ3) is 5.07. The fraction of sp³-hybridized carbons (Fsp3) is 0.800. The van der Waals surface area contributed by atoms with Gasteiger partial charge in [0.05, 0.1) is 0 Å². The molecule has 2 amide bonds. The number of nitrogens with one attached hydrogen (secondary N) is 1. The largest absolute Gasteiger partial charge is 0.813 e. The Labute approximate surface area is 126 Å². The van der Waals surface area contributed by atoms with E-state index in [1.807, 2.05) is 13.8 Å². The first-order chi connectivity index (χ1) is 9.67. The quantitative estimate of drug-likeness (QED) is 0.538. The molecule has 1 saturated heterocycles. The van der Waals surface area contributed by atoms with Crippen molar-refractivity contribution in [3.05, 3.63) is 5.41 Å². The van der Waals surface area contributed by atoms with E-state index in [0.717, 1.165) is 6.21 Å². The van der Waals surface area contributed by atoms with Crippen molar-refractivity contribution in [3.8, 4) is 0 Å². The Morgan fingerprint density at radius 2 is 2.05 bits per heavy atom. The molecule has 0 aromatic heterocycles. The molecule has 1 fully saturated rings. The van der Waals surface area contributed by atoms with E-state index < -0.39 is 23.8 Å². The van der Waals surface area contributed by atoms with E-state index in [-0.39, 0.29) is 11.8 Å². The molecule has 0 spiro atoms. The first-order valence-electron chi connectivity index (χ1n) is 7.45. The fourth-order valence-electron chi connectivity index (χ4n) is 2.34. The number of hydrogen-bond donors (Lipinski definition) is 1. The zero-order valence-electron chi connectivity index (χ0n) is 13.8. The summed E-state index contributed by atoms with van der Waals surface area (Å²) in [6.45, 7) is 9.77. The Kier molecular flexibility index (Phi) is 6.55. The van der Waals surface area contributed by atoms with E-state index >= 15 is 0 Å². The molecule has 1 rings (SSSR count). The van der Waals surface area contributed by atoms with Crippen LogP contribution in [0.3, 0.4) is 0 Å². The van der Waals surface area contributed by atoms with Crippen LogP contribution in [0.2, 0.25) is 0 Å². The third-order valence-electron chi connectivity index (χ3n) is 3.39. The van der Waals surface area contributed by atoms with Gasteiger partial charge in [-0.15, -0.1) is 0 Å².